The Morgan fingerprint density at radius 3 is 1.68 bits per heavy atom. The highest BCUT2D eigenvalue weighted by Crippen LogP contribution is 2.33. The second-order valence-electron chi connectivity index (χ2n) is 7.74. The summed E-state index contributed by atoms with van der Waals surface area (Å²) in [6.07, 6.45) is -12.0. The molecule has 2 aliphatic carbocycles. The zero-order chi connectivity index (χ0) is 22.8. The largest absolute Gasteiger partial charge is 0.522 e. The molecule has 1 heterocycles. The molecule has 3 aliphatic rings. The van der Waals surface area contributed by atoms with Crippen LogP contribution in [0.25, 0.3) is 0 Å². The first-order valence-corrected chi connectivity index (χ1v) is 9.65. The number of hydrogen-bond donors (Lipinski definition) is 1. The molecule has 0 aromatic carbocycles. The van der Waals surface area contributed by atoms with Crippen LogP contribution in [0.2, 0.25) is 0 Å². The Morgan fingerprint density at radius 1 is 0.774 bits per heavy atom. The lowest BCUT2D eigenvalue weighted by atomic mass is 9.92. The summed E-state index contributed by atoms with van der Waals surface area (Å²) in [4.78, 5) is 25.2. The van der Waals surface area contributed by atoms with Crippen molar-refractivity contribution in [2.24, 2.45) is 0 Å². The molecule has 8 nitrogen and oxygen atoms in total. The molecule has 1 saturated heterocycles. The fourth-order valence-electron chi connectivity index (χ4n) is 3.39. The Bertz CT molecular complexity index is 642. The van der Waals surface area contributed by atoms with Crippen molar-refractivity contribution < 1.29 is 54.9 Å². The fraction of sp³-hybridized carbons (Fsp3) is 0.882. The first-order chi connectivity index (χ1) is 14.4. The normalized spacial score (nSPS) is 29.0. The second kappa shape index (κ2) is 9.46. The van der Waals surface area contributed by atoms with Gasteiger partial charge in [-0.25, -0.2) is 0 Å². The minimum atomic E-state index is -4.69. The molecule has 14 heteroatoms. The summed E-state index contributed by atoms with van der Waals surface area (Å²) in [5.41, 5.74) is 0. The number of rotatable bonds is 9. The minimum Gasteiger partial charge on any atom is -0.368 e. The van der Waals surface area contributed by atoms with E-state index >= 15 is 0 Å². The molecule has 0 aromatic rings. The number of halogens is 6. The molecule has 0 spiro atoms. The van der Waals surface area contributed by atoms with Gasteiger partial charge in [0.25, 0.3) is 0 Å². The van der Waals surface area contributed by atoms with Gasteiger partial charge >= 0.3 is 12.7 Å². The number of amides is 2. The van der Waals surface area contributed by atoms with Crippen molar-refractivity contribution in [1.82, 2.24) is 10.2 Å². The number of ether oxygens (including phenoxy) is 4. The highest BCUT2D eigenvalue weighted by atomic mass is 19.4. The van der Waals surface area contributed by atoms with Crippen LogP contribution in [0.3, 0.4) is 0 Å². The Kier molecular flexibility index (Phi) is 7.33. The summed E-state index contributed by atoms with van der Waals surface area (Å²) in [5.74, 6) is -0.786. The molecule has 2 saturated carbocycles. The van der Waals surface area contributed by atoms with Crippen molar-refractivity contribution in [3.05, 3.63) is 0 Å². The Labute approximate surface area is 173 Å². The molecule has 3 rings (SSSR count). The van der Waals surface area contributed by atoms with Crippen LogP contribution in [0.5, 0.6) is 0 Å². The summed E-state index contributed by atoms with van der Waals surface area (Å²) in [6.45, 7) is -0.0670. The van der Waals surface area contributed by atoms with Gasteiger partial charge in [-0.1, -0.05) is 0 Å². The highest BCUT2D eigenvalue weighted by Gasteiger charge is 2.42. The third-order valence-electron chi connectivity index (χ3n) is 5.20. The van der Waals surface area contributed by atoms with Crippen LogP contribution < -0.4 is 5.32 Å². The van der Waals surface area contributed by atoms with Crippen LogP contribution in [0.4, 0.5) is 26.3 Å². The van der Waals surface area contributed by atoms with Crippen molar-refractivity contribution in [1.29, 1.82) is 0 Å². The van der Waals surface area contributed by atoms with Crippen LogP contribution in [-0.4, -0.2) is 86.2 Å². The van der Waals surface area contributed by atoms with Gasteiger partial charge in [0.1, 0.15) is 13.2 Å². The number of carbonyl (C=O) groups excluding carboxylic acids is 2. The van der Waals surface area contributed by atoms with Crippen LogP contribution in [0.1, 0.15) is 25.7 Å². The highest BCUT2D eigenvalue weighted by molar-refractivity contribution is 5.80. The van der Waals surface area contributed by atoms with E-state index in [1.807, 2.05) is 0 Å². The van der Waals surface area contributed by atoms with E-state index in [9.17, 15) is 35.9 Å². The fourth-order valence-corrected chi connectivity index (χ4v) is 3.39. The Balaban J connectivity index is 1.19. The molecule has 0 radical (unpaired) electrons. The maximum atomic E-state index is 12.0. The molecule has 0 unspecified atom stereocenters. The maximum Gasteiger partial charge on any atom is 0.522 e. The molecular formula is C17H22F6N2O6. The summed E-state index contributed by atoms with van der Waals surface area (Å²) >= 11 is 0. The lowest BCUT2D eigenvalue weighted by Crippen LogP contribution is -2.62. The lowest BCUT2D eigenvalue weighted by molar-refractivity contribution is -0.358. The van der Waals surface area contributed by atoms with Crippen LogP contribution in [0.15, 0.2) is 0 Å². The molecule has 1 N–H and O–H groups in total. The second-order valence-corrected chi connectivity index (χ2v) is 7.74. The summed E-state index contributed by atoms with van der Waals surface area (Å²) in [5, 5.41) is 2.64. The number of hydrogen-bond acceptors (Lipinski definition) is 6. The van der Waals surface area contributed by atoms with Gasteiger partial charge in [-0.15, -0.1) is 26.3 Å². The standard InChI is InChI=1S/C17H22F6N2O6/c18-16(19,20)30-12-1-10(2-12)28-7-14(26)24-9-5-25(6-9)15(27)8-29-11-3-13(4-11)31-17(21,22)23/h9-13H,1-8H2,(H,24,26)/t10-,11-,12-,13+. The number of nitrogens with one attached hydrogen (secondary N) is 1. The van der Waals surface area contributed by atoms with E-state index in [2.05, 4.69) is 14.8 Å². The number of nitrogens with zero attached hydrogens (tertiary/aromatic N) is 1. The molecule has 0 bridgehead atoms. The van der Waals surface area contributed by atoms with E-state index < -0.39 is 43.0 Å². The third kappa shape index (κ3) is 7.77. The summed E-state index contributed by atoms with van der Waals surface area (Å²) < 4.78 is 90.3. The molecule has 178 valence electrons. The van der Waals surface area contributed by atoms with Gasteiger partial charge in [0.15, 0.2) is 0 Å². The van der Waals surface area contributed by atoms with Crippen molar-refractivity contribution in [3.63, 3.8) is 0 Å². The first-order valence-electron chi connectivity index (χ1n) is 9.65. The average molecular weight is 464 g/mol. The molecular weight excluding hydrogens is 442 g/mol. The molecule has 0 aromatic heterocycles. The van der Waals surface area contributed by atoms with E-state index in [-0.39, 0.29) is 63.9 Å². The molecule has 1 aliphatic heterocycles. The van der Waals surface area contributed by atoms with Crippen molar-refractivity contribution in [2.45, 2.75) is 68.9 Å². The van der Waals surface area contributed by atoms with Gasteiger partial charge in [-0.05, 0) is 0 Å². The zero-order valence-electron chi connectivity index (χ0n) is 16.2. The SMILES string of the molecule is O=C(CO[C@H]1C[C@H](OC(F)(F)F)C1)NC1CN(C(=O)CO[C@H]2C[C@@H](OC(F)(F)F)C2)C1. The van der Waals surface area contributed by atoms with Gasteiger partial charge < -0.3 is 19.7 Å². The third-order valence-corrected chi connectivity index (χ3v) is 5.20. The first kappa shape index (κ1) is 24.0. The molecule has 2 amide bonds. The molecule has 31 heavy (non-hydrogen) atoms. The lowest BCUT2D eigenvalue weighted by Gasteiger charge is -2.40. The topological polar surface area (TPSA) is 86.3 Å². The Hall–Kier alpha value is -1.64. The van der Waals surface area contributed by atoms with Gasteiger partial charge in [0.05, 0.1) is 30.5 Å². The number of alkyl halides is 6. The maximum absolute atomic E-state index is 12.0. The minimum absolute atomic E-state index is 0.0581. The zero-order valence-corrected chi connectivity index (χ0v) is 16.2. The smallest absolute Gasteiger partial charge is 0.368 e. The molecule has 0 atom stereocenters. The summed E-state index contributed by atoms with van der Waals surface area (Å²) in [6, 6.07) is -0.281. The van der Waals surface area contributed by atoms with Crippen molar-refractivity contribution in [3.8, 4) is 0 Å². The monoisotopic (exact) mass is 464 g/mol. The van der Waals surface area contributed by atoms with Crippen LogP contribution >= 0.6 is 0 Å². The summed E-state index contributed by atoms with van der Waals surface area (Å²) in [7, 11) is 0. The van der Waals surface area contributed by atoms with Gasteiger partial charge in [0.2, 0.25) is 11.8 Å². The van der Waals surface area contributed by atoms with Crippen molar-refractivity contribution >= 4 is 11.8 Å². The van der Waals surface area contributed by atoms with Crippen molar-refractivity contribution in [2.75, 3.05) is 26.3 Å². The Morgan fingerprint density at radius 2 is 1.23 bits per heavy atom. The van der Waals surface area contributed by atoms with E-state index in [1.54, 1.807) is 0 Å². The average Bonchev–Trinajstić information content (AvgIpc) is 2.52. The quantitative estimate of drug-likeness (QED) is 0.521. The van der Waals surface area contributed by atoms with Crippen LogP contribution in [0, 0.1) is 0 Å². The predicted octanol–water partition coefficient (Wildman–Crippen LogP) is 1.48. The van der Waals surface area contributed by atoms with E-state index in [1.165, 1.54) is 4.90 Å². The number of likely N-dealkylation sites (tertiary alicyclic amines) is 1. The number of carbonyl (C=O) groups is 2. The van der Waals surface area contributed by atoms with E-state index in [0.717, 1.165) is 0 Å². The van der Waals surface area contributed by atoms with Crippen LogP contribution in [-0.2, 0) is 28.5 Å². The molecule has 3 fully saturated rings. The van der Waals surface area contributed by atoms with Gasteiger partial charge in [-0.2, -0.15) is 0 Å². The predicted molar refractivity (Wildman–Crippen MR) is 88.3 cm³/mol. The van der Waals surface area contributed by atoms with Gasteiger partial charge in [-0.3, -0.25) is 19.1 Å². The van der Waals surface area contributed by atoms with E-state index in [4.69, 9.17) is 9.47 Å². The van der Waals surface area contributed by atoms with E-state index in [0.29, 0.717) is 0 Å². The van der Waals surface area contributed by atoms with Gasteiger partial charge in [0, 0.05) is 38.8 Å².